The maximum Gasteiger partial charge on any atom is 0.321 e. The van der Waals surface area contributed by atoms with E-state index in [-0.39, 0.29) is 23.3 Å². The van der Waals surface area contributed by atoms with Crippen molar-refractivity contribution < 1.29 is 13.5 Å². The number of anilines is 1. The summed E-state index contributed by atoms with van der Waals surface area (Å²) >= 11 is 0. The lowest BCUT2D eigenvalue weighted by atomic mass is 10.2. The molecule has 1 N–H and O–H groups in total. The number of nitrogens with one attached hydrogen (secondary N) is 1. The highest BCUT2D eigenvalue weighted by atomic mass is 19.1. The average Bonchev–Trinajstić information content (AvgIpc) is 2.47. The van der Waals surface area contributed by atoms with E-state index in [9.17, 15) is 8.78 Å². The van der Waals surface area contributed by atoms with Crippen LogP contribution in [0, 0.1) is 11.6 Å². The van der Waals surface area contributed by atoms with Gasteiger partial charge in [-0.05, 0) is 24.6 Å². The van der Waals surface area contributed by atoms with Gasteiger partial charge in [0.1, 0.15) is 11.6 Å². The first-order chi connectivity index (χ1) is 9.63. The van der Waals surface area contributed by atoms with Crippen molar-refractivity contribution in [3.05, 3.63) is 29.8 Å². The number of rotatable bonds is 5. The van der Waals surface area contributed by atoms with Crippen molar-refractivity contribution in [3.8, 4) is 17.4 Å². The fraction of sp³-hybridized carbons (Fsp3) is 0.308. The Balaban J connectivity index is 2.46. The van der Waals surface area contributed by atoms with Crippen molar-refractivity contribution in [2.24, 2.45) is 0 Å². The summed E-state index contributed by atoms with van der Waals surface area (Å²) < 4.78 is 32.3. The Morgan fingerprint density at radius 2 is 2.00 bits per heavy atom. The van der Waals surface area contributed by atoms with Gasteiger partial charge >= 0.3 is 6.01 Å². The van der Waals surface area contributed by atoms with Crippen molar-refractivity contribution >= 4 is 5.95 Å². The second-order valence-electron chi connectivity index (χ2n) is 3.99. The van der Waals surface area contributed by atoms with Crippen molar-refractivity contribution in [2.45, 2.75) is 13.3 Å². The van der Waals surface area contributed by atoms with Crippen molar-refractivity contribution in [1.82, 2.24) is 15.0 Å². The number of aromatic nitrogens is 3. The Morgan fingerprint density at radius 1 is 1.20 bits per heavy atom. The molecular formula is C13H14F2N4O. The van der Waals surface area contributed by atoms with Gasteiger partial charge in [-0.3, -0.25) is 0 Å². The molecule has 1 aromatic heterocycles. The Hall–Kier alpha value is -2.31. The molecule has 0 spiro atoms. The van der Waals surface area contributed by atoms with Gasteiger partial charge in [0.15, 0.2) is 5.82 Å². The largest absolute Gasteiger partial charge is 0.463 e. The van der Waals surface area contributed by atoms with Crippen molar-refractivity contribution in [3.63, 3.8) is 0 Å². The van der Waals surface area contributed by atoms with Gasteiger partial charge in [0.25, 0.3) is 0 Å². The third-order valence-corrected chi connectivity index (χ3v) is 2.44. The minimum Gasteiger partial charge on any atom is -0.463 e. The summed E-state index contributed by atoms with van der Waals surface area (Å²) in [6.07, 6.45) is 0.782. The first-order valence-corrected chi connectivity index (χ1v) is 6.16. The maximum absolute atomic E-state index is 13.7. The smallest absolute Gasteiger partial charge is 0.321 e. The second kappa shape index (κ2) is 6.23. The molecule has 0 radical (unpaired) electrons. The van der Waals surface area contributed by atoms with Crippen LogP contribution in [-0.2, 0) is 0 Å². The molecule has 20 heavy (non-hydrogen) atoms. The van der Waals surface area contributed by atoms with Gasteiger partial charge in [0.05, 0.1) is 12.2 Å². The summed E-state index contributed by atoms with van der Waals surface area (Å²) in [5, 5.41) is 2.73. The van der Waals surface area contributed by atoms with E-state index in [1.54, 1.807) is 7.05 Å². The number of hydrogen-bond donors (Lipinski definition) is 1. The molecule has 106 valence electrons. The van der Waals surface area contributed by atoms with E-state index in [1.807, 2.05) is 6.92 Å². The lowest BCUT2D eigenvalue weighted by Crippen LogP contribution is -2.06. The molecule has 1 aromatic carbocycles. The molecule has 1 heterocycles. The molecule has 0 amide bonds. The van der Waals surface area contributed by atoms with E-state index in [1.165, 1.54) is 0 Å². The molecule has 0 aliphatic rings. The number of hydrogen-bond acceptors (Lipinski definition) is 5. The summed E-state index contributed by atoms with van der Waals surface area (Å²) in [6.45, 7) is 2.37. The first-order valence-electron chi connectivity index (χ1n) is 6.16. The van der Waals surface area contributed by atoms with Crippen LogP contribution in [0.1, 0.15) is 13.3 Å². The number of halogens is 2. The molecular weight excluding hydrogens is 266 g/mol. The molecule has 0 bridgehead atoms. The number of benzene rings is 1. The van der Waals surface area contributed by atoms with E-state index in [0.717, 1.165) is 24.6 Å². The van der Waals surface area contributed by atoms with E-state index < -0.39 is 11.6 Å². The molecule has 0 saturated carbocycles. The maximum atomic E-state index is 13.7. The van der Waals surface area contributed by atoms with Crippen LogP contribution in [0.2, 0.25) is 0 Å². The van der Waals surface area contributed by atoms with Gasteiger partial charge in [-0.2, -0.15) is 15.0 Å². The van der Waals surface area contributed by atoms with Crippen LogP contribution in [-0.4, -0.2) is 28.6 Å². The average molecular weight is 280 g/mol. The fourth-order valence-corrected chi connectivity index (χ4v) is 1.52. The normalized spacial score (nSPS) is 10.4. The molecule has 2 rings (SSSR count). The first kappa shape index (κ1) is 14.1. The van der Waals surface area contributed by atoms with Gasteiger partial charge in [-0.25, -0.2) is 8.78 Å². The molecule has 0 saturated heterocycles. The standard InChI is InChI=1S/C13H14F2N4O/c1-3-6-20-13-18-11(17-12(16-2)19-13)9-7-8(14)4-5-10(9)15/h4-5,7H,3,6H2,1-2H3,(H,16,17,18,19). The molecule has 0 atom stereocenters. The lowest BCUT2D eigenvalue weighted by molar-refractivity contribution is 0.292. The van der Waals surface area contributed by atoms with Crippen LogP contribution >= 0.6 is 0 Å². The van der Waals surface area contributed by atoms with Crippen LogP contribution in [0.15, 0.2) is 18.2 Å². The highest BCUT2D eigenvalue weighted by molar-refractivity contribution is 5.57. The number of nitrogens with zero attached hydrogens (tertiary/aromatic N) is 3. The van der Waals surface area contributed by atoms with Crippen molar-refractivity contribution in [1.29, 1.82) is 0 Å². The number of ether oxygens (including phenoxy) is 1. The molecule has 0 aliphatic carbocycles. The quantitative estimate of drug-likeness (QED) is 0.912. The Labute approximate surface area is 115 Å². The van der Waals surface area contributed by atoms with Gasteiger partial charge in [0, 0.05) is 7.05 Å². The van der Waals surface area contributed by atoms with Crippen molar-refractivity contribution in [2.75, 3.05) is 19.0 Å². The van der Waals surface area contributed by atoms with Crippen LogP contribution in [0.3, 0.4) is 0 Å². The zero-order valence-electron chi connectivity index (χ0n) is 11.2. The summed E-state index contributed by atoms with van der Waals surface area (Å²) in [6, 6.07) is 3.17. The minimum absolute atomic E-state index is 0.0208. The van der Waals surface area contributed by atoms with Crippen LogP contribution < -0.4 is 10.1 Å². The monoisotopic (exact) mass is 280 g/mol. The summed E-state index contributed by atoms with van der Waals surface area (Å²) in [5.74, 6) is -0.929. The van der Waals surface area contributed by atoms with Crippen LogP contribution in [0.5, 0.6) is 6.01 Å². The molecule has 7 heteroatoms. The predicted octanol–water partition coefficient (Wildman–Crippen LogP) is 2.65. The third-order valence-electron chi connectivity index (χ3n) is 2.44. The van der Waals surface area contributed by atoms with Gasteiger partial charge in [0.2, 0.25) is 5.95 Å². The van der Waals surface area contributed by atoms with Crippen LogP contribution in [0.25, 0.3) is 11.4 Å². The summed E-state index contributed by atoms with van der Waals surface area (Å²) in [5.41, 5.74) is -0.0368. The zero-order valence-corrected chi connectivity index (χ0v) is 11.2. The lowest BCUT2D eigenvalue weighted by Gasteiger charge is -2.08. The van der Waals surface area contributed by atoms with E-state index >= 15 is 0 Å². The summed E-state index contributed by atoms with van der Waals surface area (Å²) in [7, 11) is 1.62. The molecule has 0 aliphatic heterocycles. The van der Waals surface area contributed by atoms with E-state index in [2.05, 4.69) is 20.3 Å². The van der Waals surface area contributed by atoms with E-state index in [0.29, 0.717) is 6.61 Å². The Bertz CT molecular complexity index is 607. The highest BCUT2D eigenvalue weighted by Gasteiger charge is 2.13. The van der Waals surface area contributed by atoms with Gasteiger partial charge < -0.3 is 10.1 Å². The van der Waals surface area contributed by atoms with Gasteiger partial charge in [-0.1, -0.05) is 6.92 Å². The predicted molar refractivity (Wildman–Crippen MR) is 70.5 cm³/mol. The molecule has 5 nitrogen and oxygen atoms in total. The van der Waals surface area contributed by atoms with E-state index in [4.69, 9.17) is 4.74 Å². The second-order valence-corrected chi connectivity index (χ2v) is 3.99. The molecule has 0 unspecified atom stereocenters. The Morgan fingerprint density at radius 3 is 2.70 bits per heavy atom. The highest BCUT2D eigenvalue weighted by Crippen LogP contribution is 2.22. The fourth-order valence-electron chi connectivity index (χ4n) is 1.52. The van der Waals surface area contributed by atoms with Gasteiger partial charge in [-0.15, -0.1) is 0 Å². The molecule has 0 fully saturated rings. The molecule has 2 aromatic rings. The third kappa shape index (κ3) is 3.17. The Kier molecular flexibility index (Phi) is 4.39. The SMILES string of the molecule is CCCOc1nc(NC)nc(-c2cc(F)ccc2F)n1. The zero-order chi connectivity index (χ0) is 14.5. The van der Waals surface area contributed by atoms with Crippen LogP contribution in [0.4, 0.5) is 14.7 Å². The summed E-state index contributed by atoms with van der Waals surface area (Å²) in [4.78, 5) is 12.0. The topological polar surface area (TPSA) is 59.9 Å². The minimum atomic E-state index is -0.610.